The van der Waals surface area contributed by atoms with Gasteiger partial charge in [0, 0.05) is 18.2 Å². The second-order valence-corrected chi connectivity index (χ2v) is 6.74. The Kier molecular flexibility index (Phi) is 8.56. The standard InChI is InChI=1S/C22H23BrN2O4/c1-4-28-20-12-21(29-5-2)19(23)11-16(20)10-17(13-24)22(26)25-14-15-6-8-18(27-3)9-7-15/h6-12H,4-5,14H2,1-3H3,(H,25,26)/b17-10-. The van der Waals surface area contributed by atoms with Crippen LogP contribution in [-0.2, 0) is 11.3 Å². The molecular formula is C22H23BrN2O4. The molecule has 0 spiro atoms. The molecule has 1 N–H and O–H groups in total. The molecule has 0 heterocycles. The molecule has 0 aliphatic heterocycles. The highest BCUT2D eigenvalue weighted by atomic mass is 79.9. The number of hydrogen-bond donors (Lipinski definition) is 1. The predicted octanol–water partition coefficient (Wildman–Crippen LogP) is 4.48. The third-order valence-electron chi connectivity index (χ3n) is 3.94. The van der Waals surface area contributed by atoms with E-state index in [0.29, 0.717) is 41.3 Å². The van der Waals surface area contributed by atoms with Crippen LogP contribution >= 0.6 is 15.9 Å². The lowest BCUT2D eigenvalue weighted by Crippen LogP contribution is -2.23. The summed E-state index contributed by atoms with van der Waals surface area (Å²) < 4.78 is 17.0. The van der Waals surface area contributed by atoms with Gasteiger partial charge in [-0.15, -0.1) is 0 Å². The zero-order chi connectivity index (χ0) is 21.2. The minimum Gasteiger partial charge on any atom is -0.497 e. The summed E-state index contributed by atoms with van der Waals surface area (Å²) in [5.74, 6) is 1.45. The van der Waals surface area contributed by atoms with Gasteiger partial charge in [0.2, 0.25) is 0 Å². The SMILES string of the molecule is CCOc1cc(OCC)c(/C=C(/C#N)C(=O)NCc2ccc(OC)cc2)cc1Br. The smallest absolute Gasteiger partial charge is 0.262 e. The summed E-state index contributed by atoms with van der Waals surface area (Å²) >= 11 is 3.45. The van der Waals surface area contributed by atoms with E-state index in [9.17, 15) is 10.1 Å². The summed E-state index contributed by atoms with van der Waals surface area (Å²) in [6.45, 7) is 5.01. The van der Waals surface area contributed by atoms with E-state index in [0.717, 1.165) is 11.3 Å². The molecule has 0 unspecified atom stereocenters. The molecule has 0 saturated heterocycles. The monoisotopic (exact) mass is 458 g/mol. The molecule has 2 rings (SSSR count). The maximum atomic E-state index is 12.5. The Bertz CT molecular complexity index is 918. The number of nitrogens with zero attached hydrogens (tertiary/aromatic N) is 1. The number of rotatable bonds is 9. The minimum absolute atomic E-state index is 0.0180. The Balaban J connectivity index is 2.21. The average molecular weight is 459 g/mol. The first-order valence-electron chi connectivity index (χ1n) is 9.14. The van der Waals surface area contributed by atoms with Crippen LogP contribution in [0, 0.1) is 11.3 Å². The van der Waals surface area contributed by atoms with Crippen LogP contribution < -0.4 is 19.5 Å². The summed E-state index contributed by atoms with van der Waals surface area (Å²) in [6.07, 6.45) is 1.51. The Morgan fingerprint density at radius 2 is 1.79 bits per heavy atom. The number of hydrogen-bond acceptors (Lipinski definition) is 5. The lowest BCUT2D eigenvalue weighted by atomic mass is 10.1. The van der Waals surface area contributed by atoms with Gasteiger partial charge in [0.25, 0.3) is 5.91 Å². The van der Waals surface area contributed by atoms with Gasteiger partial charge in [0.15, 0.2) is 0 Å². The van der Waals surface area contributed by atoms with E-state index in [2.05, 4.69) is 21.2 Å². The van der Waals surface area contributed by atoms with Gasteiger partial charge >= 0.3 is 0 Å². The quantitative estimate of drug-likeness (QED) is 0.442. The number of carbonyl (C=O) groups is 1. The topological polar surface area (TPSA) is 80.6 Å². The van der Waals surface area contributed by atoms with Crippen molar-refractivity contribution in [3.05, 3.63) is 57.6 Å². The lowest BCUT2D eigenvalue weighted by Gasteiger charge is -2.13. The molecule has 152 valence electrons. The molecule has 2 aromatic rings. The van der Waals surface area contributed by atoms with Crippen LogP contribution in [0.4, 0.5) is 0 Å². The van der Waals surface area contributed by atoms with Gasteiger partial charge in [-0.3, -0.25) is 4.79 Å². The van der Waals surface area contributed by atoms with Crippen molar-refractivity contribution in [1.82, 2.24) is 5.32 Å². The first-order valence-corrected chi connectivity index (χ1v) is 9.93. The van der Waals surface area contributed by atoms with E-state index in [-0.39, 0.29) is 5.57 Å². The van der Waals surface area contributed by atoms with Crippen molar-refractivity contribution in [2.45, 2.75) is 20.4 Å². The normalized spacial score (nSPS) is 10.8. The zero-order valence-electron chi connectivity index (χ0n) is 16.6. The molecule has 2 aromatic carbocycles. The molecular weight excluding hydrogens is 436 g/mol. The van der Waals surface area contributed by atoms with Crippen LogP contribution in [0.5, 0.6) is 17.2 Å². The van der Waals surface area contributed by atoms with Crippen LogP contribution in [0.1, 0.15) is 25.0 Å². The lowest BCUT2D eigenvalue weighted by molar-refractivity contribution is -0.117. The second-order valence-electron chi connectivity index (χ2n) is 5.89. The number of ether oxygens (including phenoxy) is 3. The fourth-order valence-electron chi connectivity index (χ4n) is 2.53. The fraction of sp³-hybridized carbons (Fsp3) is 0.273. The van der Waals surface area contributed by atoms with E-state index in [1.165, 1.54) is 6.08 Å². The van der Waals surface area contributed by atoms with Gasteiger partial charge in [-0.1, -0.05) is 12.1 Å². The highest BCUT2D eigenvalue weighted by molar-refractivity contribution is 9.10. The molecule has 29 heavy (non-hydrogen) atoms. The molecule has 0 bridgehead atoms. The number of carbonyl (C=O) groups excluding carboxylic acids is 1. The van der Waals surface area contributed by atoms with Gasteiger partial charge < -0.3 is 19.5 Å². The van der Waals surface area contributed by atoms with E-state index in [1.807, 2.05) is 44.2 Å². The Morgan fingerprint density at radius 3 is 2.38 bits per heavy atom. The van der Waals surface area contributed by atoms with Crippen LogP contribution in [0.15, 0.2) is 46.4 Å². The minimum atomic E-state index is -0.462. The highest BCUT2D eigenvalue weighted by Gasteiger charge is 2.14. The maximum absolute atomic E-state index is 12.5. The number of nitriles is 1. The summed E-state index contributed by atoms with van der Waals surface area (Å²) in [5, 5.41) is 12.2. The zero-order valence-corrected chi connectivity index (χ0v) is 18.2. The molecule has 7 heteroatoms. The highest BCUT2D eigenvalue weighted by Crippen LogP contribution is 2.34. The van der Waals surface area contributed by atoms with Crippen molar-refractivity contribution in [1.29, 1.82) is 5.26 Å². The Labute approximate surface area is 179 Å². The average Bonchev–Trinajstić information content (AvgIpc) is 2.73. The van der Waals surface area contributed by atoms with E-state index in [1.54, 1.807) is 19.2 Å². The largest absolute Gasteiger partial charge is 0.497 e. The number of benzene rings is 2. The molecule has 0 saturated carbocycles. The predicted molar refractivity (Wildman–Crippen MR) is 115 cm³/mol. The number of methoxy groups -OCH3 is 1. The summed E-state index contributed by atoms with van der Waals surface area (Å²) in [4.78, 5) is 12.5. The van der Waals surface area contributed by atoms with E-state index < -0.39 is 5.91 Å². The summed E-state index contributed by atoms with van der Waals surface area (Å²) in [7, 11) is 1.59. The Morgan fingerprint density at radius 1 is 1.14 bits per heavy atom. The summed E-state index contributed by atoms with van der Waals surface area (Å²) in [6, 6.07) is 12.8. The third kappa shape index (κ3) is 6.26. The molecule has 1 amide bonds. The van der Waals surface area contributed by atoms with Crippen molar-refractivity contribution in [3.63, 3.8) is 0 Å². The van der Waals surface area contributed by atoms with Crippen molar-refractivity contribution < 1.29 is 19.0 Å². The number of halogens is 1. The summed E-state index contributed by atoms with van der Waals surface area (Å²) in [5.41, 5.74) is 1.49. The molecule has 0 aliphatic carbocycles. The van der Waals surface area contributed by atoms with Crippen LogP contribution in [0.2, 0.25) is 0 Å². The number of nitrogens with one attached hydrogen (secondary N) is 1. The van der Waals surface area contributed by atoms with Gasteiger partial charge in [0.05, 0.1) is 24.8 Å². The Hall–Kier alpha value is -2.98. The first-order chi connectivity index (χ1) is 14.0. The van der Waals surface area contributed by atoms with Crippen LogP contribution in [0.3, 0.4) is 0 Å². The first kappa shape index (κ1) is 22.3. The maximum Gasteiger partial charge on any atom is 0.262 e. The van der Waals surface area contributed by atoms with Crippen LogP contribution in [-0.4, -0.2) is 26.2 Å². The van der Waals surface area contributed by atoms with Gasteiger partial charge in [0.1, 0.15) is 28.9 Å². The van der Waals surface area contributed by atoms with Crippen molar-refractivity contribution >= 4 is 27.9 Å². The third-order valence-corrected chi connectivity index (χ3v) is 4.56. The molecule has 0 radical (unpaired) electrons. The van der Waals surface area contributed by atoms with E-state index in [4.69, 9.17) is 14.2 Å². The molecule has 0 aliphatic rings. The van der Waals surface area contributed by atoms with Gasteiger partial charge in [-0.25, -0.2) is 0 Å². The fourth-order valence-corrected chi connectivity index (χ4v) is 3.01. The van der Waals surface area contributed by atoms with Crippen molar-refractivity contribution in [2.24, 2.45) is 0 Å². The van der Waals surface area contributed by atoms with Crippen LogP contribution in [0.25, 0.3) is 6.08 Å². The molecule has 0 aromatic heterocycles. The van der Waals surface area contributed by atoms with Crippen molar-refractivity contribution in [2.75, 3.05) is 20.3 Å². The van der Waals surface area contributed by atoms with Gasteiger partial charge in [-0.2, -0.15) is 5.26 Å². The van der Waals surface area contributed by atoms with Crippen molar-refractivity contribution in [3.8, 4) is 23.3 Å². The van der Waals surface area contributed by atoms with E-state index >= 15 is 0 Å². The molecule has 0 atom stereocenters. The van der Waals surface area contributed by atoms with Gasteiger partial charge in [-0.05, 0) is 59.6 Å². The molecule has 0 fully saturated rings. The molecule has 6 nitrogen and oxygen atoms in total. The second kappa shape index (κ2) is 11.1. The number of amides is 1.